The van der Waals surface area contributed by atoms with Crippen molar-refractivity contribution in [2.24, 2.45) is 0 Å². The third-order valence-electron chi connectivity index (χ3n) is 1.57. The second-order valence-corrected chi connectivity index (χ2v) is 2.38. The summed E-state index contributed by atoms with van der Waals surface area (Å²) >= 11 is 0. The highest BCUT2D eigenvalue weighted by atomic mass is 15.2. The second-order valence-electron chi connectivity index (χ2n) is 2.38. The van der Waals surface area contributed by atoms with Gasteiger partial charge in [-0.25, -0.2) is 4.98 Å². The van der Waals surface area contributed by atoms with Crippen LogP contribution in [0.2, 0.25) is 0 Å². The first-order chi connectivity index (χ1) is 4.86. The number of fused-ring (bicyclic) bond motifs is 1. The summed E-state index contributed by atoms with van der Waals surface area (Å²) in [5, 5.41) is 6.27. The Balaban J connectivity index is 2.52. The summed E-state index contributed by atoms with van der Waals surface area (Å²) in [5.41, 5.74) is 2.15. The zero-order valence-electron chi connectivity index (χ0n) is 5.81. The first-order valence-corrected chi connectivity index (χ1v) is 3.32. The summed E-state index contributed by atoms with van der Waals surface area (Å²) in [6.07, 6.45) is 0. The third-order valence-corrected chi connectivity index (χ3v) is 1.57. The van der Waals surface area contributed by atoms with Gasteiger partial charge in [-0.15, -0.1) is 0 Å². The van der Waals surface area contributed by atoms with Crippen molar-refractivity contribution in [1.82, 2.24) is 4.98 Å². The first-order valence-electron chi connectivity index (χ1n) is 3.32. The molecule has 0 bridgehead atoms. The largest absolute Gasteiger partial charge is 0.365 e. The summed E-state index contributed by atoms with van der Waals surface area (Å²) in [4.78, 5) is 4.28. The number of nitrogens with zero attached hydrogens (tertiary/aromatic N) is 1. The second kappa shape index (κ2) is 1.87. The molecule has 1 aliphatic rings. The monoisotopic (exact) mass is 135 g/mol. The number of anilines is 2. The SMILES string of the molecule is Cc1ccc2c(n1)NCN2. The quantitative estimate of drug-likeness (QED) is 0.561. The fourth-order valence-electron chi connectivity index (χ4n) is 1.06. The molecule has 0 fully saturated rings. The maximum Gasteiger partial charge on any atom is 0.151 e. The molecule has 2 rings (SSSR count). The van der Waals surface area contributed by atoms with Gasteiger partial charge in [-0.3, -0.25) is 0 Å². The fourth-order valence-corrected chi connectivity index (χ4v) is 1.06. The molecule has 0 unspecified atom stereocenters. The van der Waals surface area contributed by atoms with Crippen molar-refractivity contribution in [2.75, 3.05) is 17.3 Å². The third kappa shape index (κ3) is 0.708. The molecule has 0 atom stereocenters. The van der Waals surface area contributed by atoms with E-state index in [0.29, 0.717) is 0 Å². The molecule has 0 saturated carbocycles. The molecule has 3 nitrogen and oxygen atoms in total. The van der Waals surface area contributed by atoms with E-state index in [0.717, 1.165) is 23.9 Å². The van der Waals surface area contributed by atoms with Crippen LogP contribution in [0.4, 0.5) is 11.5 Å². The van der Waals surface area contributed by atoms with Crippen molar-refractivity contribution in [3.63, 3.8) is 0 Å². The molecule has 52 valence electrons. The minimum atomic E-state index is 0.797. The van der Waals surface area contributed by atoms with Gasteiger partial charge in [0.25, 0.3) is 0 Å². The molecule has 3 heteroatoms. The lowest BCUT2D eigenvalue weighted by atomic mass is 10.3. The Hall–Kier alpha value is -1.25. The lowest BCUT2D eigenvalue weighted by Gasteiger charge is -1.96. The zero-order chi connectivity index (χ0) is 6.97. The van der Waals surface area contributed by atoms with E-state index in [-0.39, 0.29) is 0 Å². The highest BCUT2D eigenvalue weighted by molar-refractivity contribution is 5.68. The molecular formula is C7H9N3. The average Bonchev–Trinajstić information content (AvgIpc) is 2.33. The molecule has 1 aliphatic heterocycles. The van der Waals surface area contributed by atoms with Crippen LogP contribution in [-0.2, 0) is 0 Å². The van der Waals surface area contributed by atoms with Gasteiger partial charge >= 0.3 is 0 Å². The first kappa shape index (κ1) is 5.53. The van der Waals surface area contributed by atoms with E-state index in [1.54, 1.807) is 0 Å². The van der Waals surface area contributed by atoms with E-state index in [2.05, 4.69) is 15.6 Å². The molecule has 1 aromatic rings. The Morgan fingerprint density at radius 2 is 2.30 bits per heavy atom. The van der Waals surface area contributed by atoms with Gasteiger partial charge < -0.3 is 10.6 Å². The average molecular weight is 135 g/mol. The Kier molecular flexibility index (Phi) is 1.03. The minimum absolute atomic E-state index is 0.797. The van der Waals surface area contributed by atoms with Gasteiger partial charge in [0.1, 0.15) is 0 Å². The van der Waals surface area contributed by atoms with Crippen LogP contribution in [0.3, 0.4) is 0 Å². The number of pyridine rings is 1. The molecule has 0 aliphatic carbocycles. The summed E-state index contributed by atoms with van der Waals surface area (Å²) in [6, 6.07) is 4.04. The van der Waals surface area contributed by atoms with Crippen molar-refractivity contribution in [3.8, 4) is 0 Å². The summed E-state index contributed by atoms with van der Waals surface area (Å²) in [5.74, 6) is 0.972. The van der Waals surface area contributed by atoms with Crippen LogP contribution in [-0.4, -0.2) is 11.7 Å². The molecular weight excluding hydrogens is 126 g/mol. The number of aryl methyl sites for hydroxylation is 1. The van der Waals surface area contributed by atoms with Gasteiger partial charge in [-0.1, -0.05) is 0 Å². The Morgan fingerprint density at radius 3 is 3.20 bits per heavy atom. The maximum absolute atomic E-state index is 4.28. The number of hydrogen-bond donors (Lipinski definition) is 2. The predicted octanol–water partition coefficient (Wildman–Crippen LogP) is 1.18. The molecule has 0 saturated heterocycles. The van der Waals surface area contributed by atoms with Crippen molar-refractivity contribution >= 4 is 11.5 Å². The number of aromatic nitrogens is 1. The molecule has 0 aromatic carbocycles. The van der Waals surface area contributed by atoms with Crippen LogP contribution in [0.5, 0.6) is 0 Å². The molecule has 1 aromatic heterocycles. The highest BCUT2D eigenvalue weighted by Gasteiger charge is 2.08. The fraction of sp³-hybridized carbons (Fsp3) is 0.286. The smallest absolute Gasteiger partial charge is 0.151 e. The standard InChI is InChI=1S/C7H9N3/c1-5-2-3-6-7(10-5)9-4-8-6/h2-3,8H,4H2,1H3,(H,9,10). The van der Waals surface area contributed by atoms with Crippen LogP contribution in [0.15, 0.2) is 12.1 Å². The number of nitrogens with one attached hydrogen (secondary N) is 2. The van der Waals surface area contributed by atoms with E-state index in [4.69, 9.17) is 0 Å². The van der Waals surface area contributed by atoms with Crippen LogP contribution in [0.25, 0.3) is 0 Å². The maximum atomic E-state index is 4.28. The van der Waals surface area contributed by atoms with E-state index < -0.39 is 0 Å². The summed E-state index contributed by atoms with van der Waals surface area (Å²) < 4.78 is 0. The lowest BCUT2D eigenvalue weighted by molar-refractivity contribution is 1.20. The van der Waals surface area contributed by atoms with Crippen molar-refractivity contribution in [2.45, 2.75) is 6.92 Å². The van der Waals surface area contributed by atoms with Crippen LogP contribution < -0.4 is 10.6 Å². The Bertz CT molecular complexity index is 257. The molecule has 10 heavy (non-hydrogen) atoms. The predicted molar refractivity (Wildman–Crippen MR) is 41.1 cm³/mol. The number of rotatable bonds is 0. The summed E-state index contributed by atoms with van der Waals surface area (Å²) in [7, 11) is 0. The normalized spacial score (nSPS) is 13.7. The Morgan fingerprint density at radius 1 is 1.40 bits per heavy atom. The zero-order valence-corrected chi connectivity index (χ0v) is 5.81. The van der Waals surface area contributed by atoms with Gasteiger partial charge in [0, 0.05) is 5.69 Å². The van der Waals surface area contributed by atoms with Gasteiger partial charge in [-0.2, -0.15) is 0 Å². The van der Waals surface area contributed by atoms with E-state index in [9.17, 15) is 0 Å². The lowest BCUT2D eigenvalue weighted by Crippen LogP contribution is -1.99. The van der Waals surface area contributed by atoms with Crippen LogP contribution >= 0.6 is 0 Å². The van der Waals surface area contributed by atoms with Crippen molar-refractivity contribution < 1.29 is 0 Å². The van der Waals surface area contributed by atoms with Gasteiger partial charge in [0.05, 0.1) is 12.4 Å². The van der Waals surface area contributed by atoms with Gasteiger partial charge in [0.2, 0.25) is 0 Å². The Labute approximate surface area is 59.5 Å². The van der Waals surface area contributed by atoms with Crippen molar-refractivity contribution in [1.29, 1.82) is 0 Å². The number of hydrogen-bond acceptors (Lipinski definition) is 3. The minimum Gasteiger partial charge on any atom is -0.365 e. The van der Waals surface area contributed by atoms with Crippen molar-refractivity contribution in [3.05, 3.63) is 17.8 Å². The van der Waals surface area contributed by atoms with Crippen LogP contribution in [0.1, 0.15) is 5.69 Å². The molecule has 0 spiro atoms. The van der Waals surface area contributed by atoms with E-state index in [1.165, 1.54) is 0 Å². The van der Waals surface area contributed by atoms with E-state index in [1.807, 2.05) is 19.1 Å². The molecule has 2 N–H and O–H groups in total. The van der Waals surface area contributed by atoms with Gasteiger partial charge in [0.15, 0.2) is 5.82 Å². The van der Waals surface area contributed by atoms with Gasteiger partial charge in [-0.05, 0) is 19.1 Å². The highest BCUT2D eigenvalue weighted by Crippen LogP contribution is 2.22. The van der Waals surface area contributed by atoms with Crippen LogP contribution in [0, 0.1) is 6.92 Å². The molecule has 0 radical (unpaired) electrons. The molecule has 0 amide bonds. The summed E-state index contributed by atoms with van der Waals surface area (Å²) in [6.45, 7) is 2.78. The topological polar surface area (TPSA) is 37.0 Å². The van der Waals surface area contributed by atoms with E-state index >= 15 is 0 Å². The molecule has 2 heterocycles.